The third-order valence-electron chi connectivity index (χ3n) is 1.01. The first-order valence-electron chi connectivity index (χ1n) is 3.27. The van der Waals surface area contributed by atoms with Crippen LogP contribution in [-0.2, 0) is 9.59 Å². The maximum atomic E-state index is 10.1. The summed E-state index contributed by atoms with van der Waals surface area (Å²) < 4.78 is 0. The first-order valence-corrected chi connectivity index (χ1v) is 4.43. The maximum Gasteiger partial charge on any atom is 0.321 e. The van der Waals surface area contributed by atoms with Gasteiger partial charge in [-0.3, -0.25) is 14.9 Å². The second-order valence-corrected chi connectivity index (χ2v) is 3.16. The highest BCUT2D eigenvalue weighted by Crippen LogP contribution is 2.08. The summed E-state index contributed by atoms with van der Waals surface area (Å²) in [5.74, 6) is -0.0956. The molecule has 1 atom stereocenters. The van der Waals surface area contributed by atoms with Gasteiger partial charge in [0, 0.05) is 18.6 Å². The van der Waals surface area contributed by atoms with E-state index in [-0.39, 0.29) is 6.04 Å². The lowest BCUT2D eigenvalue weighted by atomic mass is 10.4. The fourth-order valence-electron chi connectivity index (χ4n) is 0.554. The molecule has 0 aromatic rings. The van der Waals surface area contributed by atoms with Crippen LogP contribution in [0, 0.1) is 0 Å². The Kier molecular flexibility index (Phi) is 5.48. The van der Waals surface area contributed by atoms with Crippen LogP contribution in [0.4, 0.5) is 0 Å². The number of nitrogens with one attached hydrogen (secondary N) is 1. The Labute approximate surface area is 74.1 Å². The number of hydrogen-bond acceptors (Lipinski definition) is 4. The van der Waals surface area contributed by atoms with Crippen LogP contribution < -0.4 is 5.32 Å². The minimum Gasteiger partial charge on any atom is -0.481 e. The zero-order chi connectivity index (χ0) is 9.56. The van der Waals surface area contributed by atoms with E-state index in [9.17, 15) is 4.79 Å². The van der Waals surface area contributed by atoms with Crippen LogP contribution in [0.25, 0.3) is 0 Å². The van der Waals surface area contributed by atoms with Crippen LogP contribution in [0.15, 0.2) is 0 Å². The first-order chi connectivity index (χ1) is 5.54. The van der Waals surface area contributed by atoms with E-state index < -0.39 is 11.9 Å². The van der Waals surface area contributed by atoms with Crippen LogP contribution in [0.1, 0.15) is 6.92 Å². The zero-order valence-corrected chi connectivity index (χ0v) is 7.43. The summed E-state index contributed by atoms with van der Waals surface area (Å²) in [6, 6.07) is -0.306. The van der Waals surface area contributed by atoms with E-state index in [1.807, 2.05) is 0 Å². The maximum absolute atomic E-state index is 10.1. The number of carboxylic acid groups (broad SMARTS) is 2. The van der Waals surface area contributed by atoms with Gasteiger partial charge in [0.05, 0.1) is 0 Å². The topological polar surface area (TPSA) is 86.6 Å². The van der Waals surface area contributed by atoms with Gasteiger partial charge in [-0.1, -0.05) is 0 Å². The highest BCUT2D eigenvalue weighted by Gasteiger charge is 2.20. The Morgan fingerprint density at radius 1 is 1.50 bits per heavy atom. The molecule has 1 saturated heterocycles. The molecule has 0 radical (unpaired) electrons. The van der Waals surface area contributed by atoms with Crippen LogP contribution in [0.5, 0.6) is 0 Å². The van der Waals surface area contributed by atoms with Gasteiger partial charge in [0.25, 0.3) is 5.97 Å². The van der Waals surface area contributed by atoms with E-state index in [4.69, 9.17) is 15.0 Å². The fourth-order valence-corrected chi connectivity index (χ4v) is 1.49. The molecular formula is C6H11NO4S. The van der Waals surface area contributed by atoms with Crippen molar-refractivity contribution in [2.45, 2.75) is 13.0 Å². The Bertz CT molecular complexity index is 163. The molecule has 0 spiro atoms. The summed E-state index contributed by atoms with van der Waals surface area (Å²) >= 11 is 1.62. The van der Waals surface area contributed by atoms with Gasteiger partial charge >= 0.3 is 5.97 Å². The summed E-state index contributed by atoms with van der Waals surface area (Å²) in [6.07, 6.45) is 0. The normalized spacial score (nSPS) is 20.9. The summed E-state index contributed by atoms with van der Waals surface area (Å²) in [5, 5.41) is 18.6. The van der Waals surface area contributed by atoms with Gasteiger partial charge in [-0.2, -0.15) is 0 Å². The van der Waals surface area contributed by atoms with Crippen LogP contribution in [0.3, 0.4) is 0 Å². The van der Waals surface area contributed by atoms with Crippen LogP contribution in [-0.4, -0.2) is 39.8 Å². The average Bonchev–Trinajstić information content (AvgIpc) is 2.34. The lowest BCUT2D eigenvalue weighted by Gasteiger charge is -1.98. The molecule has 0 saturated carbocycles. The Balaban J connectivity index is 0.000000261. The van der Waals surface area contributed by atoms with Gasteiger partial charge in [-0.05, 0) is 0 Å². The van der Waals surface area contributed by atoms with E-state index in [1.54, 1.807) is 11.8 Å². The molecule has 0 amide bonds. The van der Waals surface area contributed by atoms with Crippen molar-refractivity contribution in [2.75, 3.05) is 11.6 Å². The second kappa shape index (κ2) is 5.84. The lowest BCUT2D eigenvalue weighted by molar-refractivity contribution is -0.138. The van der Waals surface area contributed by atoms with Crippen molar-refractivity contribution in [1.82, 2.24) is 5.32 Å². The SMILES string of the molecule is CC(=O)O.O=C(O)C1CSCN1. The van der Waals surface area contributed by atoms with Crippen molar-refractivity contribution in [3.8, 4) is 0 Å². The van der Waals surface area contributed by atoms with Crippen molar-refractivity contribution >= 4 is 23.7 Å². The Morgan fingerprint density at radius 3 is 2.17 bits per heavy atom. The minimum atomic E-state index is -0.833. The van der Waals surface area contributed by atoms with Crippen molar-refractivity contribution in [2.24, 2.45) is 0 Å². The van der Waals surface area contributed by atoms with Gasteiger partial charge in [-0.15, -0.1) is 11.8 Å². The molecule has 0 aromatic carbocycles. The lowest BCUT2D eigenvalue weighted by Crippen LogP contribution is -2.32. The average molecular weight is 193 g/mol. The Morgan fingerprint density at radius 2 is 2.00 bits per heavy atom. The van der Waals surface area contributed by atoms with E-state index in [2.05, 4.69) is 5.32 Å². The molecule has 1 aliphatic heterocycles. The summed E-state index contributed by atoms with van der Waals surface area (Å²) in [4.78, 5) is 19.1. The molecular weight excluding hydrogens is 182 g/mol. The molecule has 1 aliphatic rings. The van der Waals surface area contributed by atoms with Crippen LogP contribution >= 0.6 is 11.8 Å². The number of carbonyl (C=O) groups is 2. The van der Waals surface area contributed by atoms with Gasteiger partial charge < -0.3 is 10.2 Å². The molecule has 70 valence electrons. The number of aliphatic carboxylic acids is 2. The minimum absolute atomic E-state index is 0.306. The molecule has 1 unspecified atom stereocenters. The van der Waals surface area contributed by atoms with E-state index in [0.29, 0.717) is 5.75 Å². The van der Waals surface area contributed by atoms with E-state index in [1.165, 1.54) is 0 Å². The first kappa shape index (κ1) is 11.2. The molecule has 1 heterocycles. The fraction of sp³-hybridized carbons (Fsp3) is 0.667. The third-order valence-corrected chi connectivity index (χ3v) is 1.95. The molecule has 12 heavy (non-hydrogen) atoms. The molecule has 1 fully saturated rings. The number of hydrogen-bond donors (Lipinski definition) is 3. The summed E-state index contributed by atoms with van der Waals surface area (Å²) in [6.45, 7) is 1.08. The van der Waals surface area contributed by atoms with Gasteiger partial charge in [0.2, 0.25) is 0 Å². The van der Waals surface area contributed by atoms with Gasteiger partial charge in [0.1, 0.15) is 6.04 Å². The molecule has 5 nitrogen and oxygen atoms in total. The van der Waals surface area contributed by atoms with E-state index >= 15 is 0 Å². The molecule has 0 bridgehead atoms. The zero-order valence-electron chi connectivity index (χ0n) is 6.61. The monoisotopic (exact) mass is 193 g/mol. The second-order valence-electron chi connectivity index (χ2n) is 2.13. The standard InChI is InChI=1S/C4H7NO2S.C2H4O2/c6-4(7)3-1-8-2-5-3;1-2(3)4/h3,5H,1-2H2,(H,6,7);1H3,(H,3,4). The summed E-state index contributed by atoms with van der Waals surface area (Å²) in [5.41, 5.74) is 0. The summed E-state index contributed by atoms with van der Waals surface area (Å²) in [7, 11) is 0. The van der Waals surface area contributed by atoms with Crippen molar-refractivity contribution in [3.63, 3.8) is 0 Å². The molecule has 6 heteroatoms. The Hall–Kier alpha value is -0.750. The largest absolute Gasteiger partial charge is 0.481 e. The molecule has 3 N–H and O–H groups in total. The van der Waals surface area contributed by atoms with Crippen molar-refractivity contribution in [3.05, 3.63) is 0 Å². The number of carboxylic acids is 2. The quantitative estimate of drug-likeness (QED) is 0.535. The number of thioether (sulfide) groups is 1. The smallest absolute Gasteiger partial charge is 0.321 e. The predicted octanol–water partition coefficient (Wildman–Crippen LogP) is -0.176. The highest BCUT2D eigenvalue weighted by atomic mass is 32.2. The van der Waals surface area contributed by atoms with Gasteiger partial charge in [-0.25, -0.2) is 0 Å². The molecule has 0 aromatic heterocycles. The molecule has 0 aliphatic carbocycles. The molecule has 1 rings (SSSR count). The highest BCUT2D eigenvalue weighted by molar-refractivity contribution is 7.99. The number of rotatable bonds is 1. The van der Waals surface area contributed by atoms with Crippen molar-refractivity contribution in [1.29, 1.82) is 0 Å². The van der Waals surface area contributed by atoms with Gasteiger partial charge in [0.15, 0.2) is 0 Å². The van der Waals surface area contributed by atoms with Crippen LogP contribution in [0.2, 0.25) is 0 Å². The third kappa shape index (κ3) is 5.99. The van der Waals surface area contributed by atoms with E-state index in [0.717, 1.165) is 12.8 Å². The van der Waals surface area contributed by atoms with Crippen molar-refractivity contribution < 1.29 is 19.8 Å². The predicted molar refractivity (Wildman–Crippen MR) is 45.2 cm³/mol.